The highest BCUT2D eigenvalue weighted by Crippen LogP contribution is 2.26. The van der Waals surface area contributed by atoms with E-state index in [1.165, 1.54) is 56.6 Å². The van der Waals surface area contributed by atoms with Crippen LogP contribution in [0, 0.1) is 0 Å². The van der Waals surface area contributed by atoms with E-state index in [1.807, 2.05) is 0 Å². The molecule has 2 aromatic carbocycles. The SMILES string of the molecule is CNS(=O)(=O)c1ccc(N/N=C2\C(=O)Nc3ccc(S(=O)(=O)NC)cc32)cc1. The lowest BCUT2D eigenvalue weighted by atomic mass is 10.1. The summed E-state index contributed by atoms with van der Waals surface area (Å²) in [6.45, 7) is 0. The Kier molecular flexibility index (Phi) is 5.21. The standard InChI is InChI=1S/C16H17N5O5S2/c1-17-27(23,24)11-5-3-10(4-6-11)20-21-15-13-9-12(28(25,26)18-2)7-8-14(13)19-16(15)22/h3-9,17-18,20H,1-2H3,(H,19,21,22). The van der Waals surface area contributed by atoms with Crippen molar-refractivity contribution in [1.82, 2.24) is 9.44 Å². The summed E-state index contributed by atoms with van der Waals surface area (Å²) in [4.78, 5) is 12.3. The van der Waals surface area contributed by atoms with Crippen LogP contribution in [0.25, 0.3) is 0 Å². The van der Waals surface area contributed by atoms with Gasteiger partial charge in [-0.25, -0.2) is 26.3 Å². The fourth-order valence-corrected chi connectivity index (χ4v) is 3.96. The van der Waals surface area contributed by atoms with E-state index in [0.29, 0.717) is 16.9 Å². The first-order valence-electron chi connectivity index (χ1n) is 7.94. The van der Waals surface area contributed by atoms with Crippen molar-refractivity contribution in [2.24, 2.45) is 5.10 Å². The van der Waals surface area contributed by atoms with Crippen molar-refractivity contribution in [2.45, 2.75) is 9.79 Å². The number of nitrogens with one attached hydrogen (secondary N) is 4. The molecule has 1 aliphatic heterocycles. The van der Waals surface area contributed by atoms with Gasteiger partial charge >= 0.3 is 0 Å². The van der Waals surface area contributed by atoms with E-state index in [2.05, 4.69) is 25.3 Å². The van der Waals surface area contributed by atoms with E-state index in [0.717, 1.165) is 0 Å². The van der Waals surface area contributed by atoms with Gasteiger partial charge in [-0.1, -0.05) is 0 Å². The van der Waals surface area contributed by atoms with Gasteiger partial charge in [0.15, 0.2) is 5.71 Å². The molecule has 0 saturated carbocycles. The van der Waals surface area contributed by atoms with Gasteiger partial charge < -0.3 is 5.32 Å². The molecule has 0 fully saturated rings. The Balaban J connectivity index is 1.90. The first kappa shape index (κ1) is 19.9. The highest BCUT2D eigenvalue weighted by Gasteiger charge is 2.28. The first-order valence-corrected chi connectivity index (χ1v) is 10.9. The van der Waals surface area contributed by atoms with Crippen molar-refractivity contribution >= 4 is 43.0 Å². The van der Waals surface area contributed by atoms with Crippen LogP contribution in [-0.2, 0) is 24.8 Å². The van der Waals surface area contributed by atoms with E-state index in [9.17, 15) is 21.6 Å². The Hall–Kier alpha value is -2.80. The number of hydrogen-bond acceptors (Lipinski definition) is 7. The lowest BCUT2D eigenvalue weighted by molar-refractivity contribution is -0.110. The van der Waals surface area contributed by atoms with Crippen LogP contribution in [0.2, 0.25) is 0 Å². The predicted octanol–water partition coefficient (Wildman–Crippen LogP) is 0.271. The summed E-state index contributed by atoms with van der Waals surface area (Å²) in [6.07, 6.45) is 0. The highest BCUT2D eigenvalue weighted by molar-refractivity contribution is 7.89. The molecule has 12 heteroatoms. The molecule has 0 aliphatic carbocycles. The van der Waals surface area contributed by atoms with Gasteiger partial charge in [-0.05, 0) is 56.6 Å². The van der Waals surface area contributed by atoms with Crippen molar-refractivity contribution in [2.75, 3.05) is 24.8 Å². The third-order valence-corrected chi connectivity index (χ3v) is 6.86. The number of carbonyl (C=O) groups is 1. The largest absolute Gasteiger partial charge is 0.320 e. The summed E-state index contributed by atoms with van der Waals surface area (Å²) < 4.78 is 51.8. The van der Waals surface area contributed by atoms with Crippen LogP contribution in [0.4, 0.5) is 11.4 Å². The number of nitrogens with zero attached hydrogens (tertiary/aromatic N) is 1. The maximum Gasteiger partial charge on any atom is 0.276 e. The molecule has 10 nitrogen and oxygen atoms in total. The van der Waals surface area contributed by atoms with E-state index < -0.39 is 26.0 Å². The number of amides is 1. The first-order chi connectivity index (χ1) is 13.2. The molecule has 1 aliphatic rings. The van der Waals surface area contributed by atoms with Crippen molar-refractivity contribution in [3.8, 4) is 0 Å². The summed E-state index contributed by atoms with van der Waals surface area (Å²) in [6, 6.07) is 9.96. The quantitative estimate of drug-likeness (QED) is 0.491. The third-order valence-electron chi connectivity index (χ3n) is 4.02. The Morgan fingerprint density at radius 3 is 2.04 bits per heavy atom. The average Bonchev–Trinajstić information content (AvgIpc) is 3.01. The second-order valence-corrected chi connectivity index (χ2v) is 9.45. The van der Waals surface area contributed by atoms with E-state index in [1.54, 1.807) is 0 Å². The van der Waals surface area contributed by atoms with Crippen LogP contribution >= 0.6 is 0 Å². The maximum atomic E-state index is 12.2. The zero-order valence-electron chi connectivity index (χ0n) is 14.8. The normalized spacial score (nSPS) is 15.4. The van der Waals surface area contributed by atoms with E-state index >= 15 is 0 Å². The molecule has 0 spiro atoms. The molecular weight excluding hydrogens is 406 g/mol. The topological polar surface area (TPSA) is 146 Å². The lowest BCUT2D eigenvalue weighted by Crippen LogP contribution is -2.19. The van der Waals surface area contributed by atoms with Crippen LogP contribution < -0.4 is 20.2 Å². The second kappa shape index (κ2) is 7.31. The molecule has 0 radical (unpaired) electrons. The number of hydrogen-bond donors (Lipinski definition) is 4. The van der Waals surface area contributed by atoms with Gasteiger partial charge in [-0.15, -0.1) is 0 Å². The summed E-state index contributed by atoms with van der Waals surface area (Å²) in [5.41, 5.74) is 3.91. The maximum absolute atomic E-state index is 12.2. The minimum absolute atomic E-state index is 0.000393. The molecule has 0 aromatic heterocycles. The summed E-state index contributed by atoms with van der Waals surface area (Å²) >= 11 is 0. The fourth-order valence-electron chi connectivity index (χ4n) is 2.48. The van der Waals surface area contributed by atoms with Crippen LogP contribution in [0.1, 0.15) is 5.56 Å². The van der Waals surface area contributed by atoms with Crippen molar-refractivity contribution in [3.05, 3.63) is 48.0 Å². The number of rotatable bonds is 6. The molecule has 0 unspecified atom stereocenters. The van der Waals surface area contributed by atoms with Crippen LogP contribution in [0.15, 0.2) is 57.4 Å². The molecule has 3 rings (SSSR count). The third kappa shape index (κ3) is 3.75. The summed E-state index contributed by atoms with van der Waals surface area (Å²) in [5.74, 6) is -0.490. The molecule has 2 aromatic rings. The number of benzene rings is 2. The smallest absolute Gasteiger partial charge is 0.276 e. The minimum atomic E-state index is -3.68. The number of hydrazone groups is 1. The second-order valence-electron chi connectivity index (χ2n) is 5.67. The van der Waals surface area contributed by atoms with Gasteiger partial charge in [0.05, 0.1) is 21.2 Å². The number of fused-ring (bicyclic) bond motifs is 1. The summed E-state index contributed by atoms with van der Waals surface area (Å²) in [7, 11) is -4.63. The van der Waals surface area contributed by atoms with Gasteiger partial charge in [0.1, 0.15) is 0 Å². The Labute approximate surface area is 162 Å². The Bertz CT molecular complexity index is 1170. The molecule has 4 N–H and O–H groups in total. The van der Waals surface area contributed by atoms with Gasteiger partial charge in [0, 0.05) is 5.56 Å². The van der Waals surface area contributed by atoms with Gasteiger partial charge in [-0.3, -0.25) is 10.2 Å². The molecule has 148 valence electrons. The number of carbonyl (C=O) groups excluding carboxylic acids is 1. The fraction of sp³-hybridized carbons (Fsp3) is 0.125. The molecule has 28 heavy (non-hydrogen) atoms. The minimum Gasteiger partial charge on any atom is -0.320 e. The zero-order chi connectivity index (χ0) is 20.5. The van der Waals surface area contributed by atoms with Gasteiger partial charge in [0.2, 0.25) is 20.0 Å². The molecule has 0 bridgehead atoms. The monoisotopic (exact) mass is 423 g/mol. The Morgan fingerprint density at radius 2 is 1.43 bits per heavy atom. The van der Waals surface area contributed by atoms with Crippen molar-refractivity contribution < 1.29 is 21.6 Å². The van der Waals surface area contributed by atoms with Gasteiger partial charge in [-0.2, -0.15) is 5.10 Å². The van der Waals surface area contributed by atoms with Crippen molar-refractivity contribution in [1.29, 1.82) is 0 Å². The van der Waals surface area contributed by atoms with Gasteiger partial charge in [0.25, 0.3) is 5.91 Å². The number of anilines is 2. The van der Waals surface area contributed by atoms with Crippen molar-refractivity contribution in [3.63, 3.8) is 0 Å². The molecule has 0 saturated heterocycles. The average molecular weight is 423 g/mol. The van der Waals surface area contributed by atoms with Crippen LogP contribution in [-0.4, -0.2) is 42.5 Å². The zero-order valence-corrected chi connectivity index (χ0v) is 16.5. The Morgan fingerprint density at radius 1 is 0.857 bits per heavy atom. The van der Waals surface area contributed by atoms with Crippen LogP contribution in [0.5, 0.6) is 0 Å². The molecule has 1 amide bonds. The molecule has 1 heterocycles. The predicted molar refractivity (Wildman–Crippen MR) is 104 cm³/mol. The van der Waals surface area contributed by atoms with Crippen LogP contribution in [0.3, 0.4) is 0 Å². The highest BCUT2D eigenvalue weighted by atomic mass is 32.2. The van der Waals surface area contributed by atoms with E-state index in [4.69, 9.17) is 0 Å². The molecule has 0 atom stereocenters. The molecular formula is C16H17N5O5S2. The summed E-state index contributed by atoms with van der Waals surface area (Å²) in [5, 5.41) is 6.66. The van der Waals surface area contributed by atoms with E-state index in [-0.39, 0.29) is 15.5 Å². The lowest BCUT2D eigenvalue weighted by Gasteiger charge is -2.06. The number of sulfonamides is 2.